The summed E-state index contributed by atoms with van der Waals surface area (Å²) in [5.41, 5.74) is 2.33. The second-order valence-electron chi connectivity index (χ2n) is 9.23. The molecule has 2 aromatic rings. The van der Waals surface area contributed by atoms with Crippen molar-refractivity contribution in [1.29, 1.82) is 0 Å². The third-order valence-corrected chi connectivity index (χ3v) is 7.51. The molecule has 0 bridgehead atoms. The van der Waals surface area contributed by atoms with Crippen molar-refractivity contribution in [3.05, 3.63) is 36.5 Å². The largest absolute Gasteiger partial charge is 0.382 e. The zero-order chi connectivity index (χ0) is 22.1. The molecule has 1 saturated heterocycles. The second-order valence-corrected chi connectivity index (χ2v) is 9.23. The minimum absolute atomic E-state index is 0.595. The van der Waals surface area contributed by atoms with E-state index in [0.29, 0.717) is 6.04 Å². The van der Waals surface area contributed by atoms with E-state index in [9.17, 15) is 0 Å². The molecule has 2 heterocycles. The Morgan fingerprint density at radius 2 is 1.61 bits per heavy atom. The third-order valence-electron chi connectivity index (χ3n) is 7.51. The molecular formula is C28H45N3. The summed E-state index contributed by atoms with van der Waals surface area (Å²) in [5.74, 6) is 3.13. The van der Waals surface area contributed by atoms with Crippen LogP contribution in [0.15, 0.2) is 36.5 Å². The minimum Gasteiger partial charge on any atom is -0.382 e. The predicted octanol–water partition coefficient (Wildman–Crippen LogP) is 7.38. The minimum atomic E-state index is 0.595. The highest BCUT2D eigenvalue weighted by Crippen LogP contribution is 2.44. The number of benzene rings is 1. The van der Waals surface area contributed by atoms with Crippen LogP contribution in [0, 0.1) is 17.8 Å². The molecule has 3 nitrogen and oxygen atoms in total. The first-order valence-electron chi connectivity index (χ1n) is 13.2. The number of fused-ring (bicyclic) bond motifs is 2. The molecule has 3 aliphatic rings. The van der Waals surface area contributed by atoms with Crippen LogP contribution in [0.2, 0.25) is 0 Å². The van der Waals surface area contributed by atoms with Gasteiger partial charge in [-0.2, -0.15) is 0 Å². The Hall–Kier alpha value is -1.61. The number of hydrogen-bond acceptors (Lipinski definition) is 3. The van der Waals surface area contributed by atoms with Crippen LogP contribution < -0.4 is 5.32 Å². The molecule has 1 aliphatic heterocycles. The molecule has 3 atom stereocenters. The maximum atomic E-state index is 4.49. The van der Waals surface area contributed by atoms with Gasteiger partial charge in [-0.3, -0.25) is 4.98 Å². The molecule has 5 rings (SSSR count). The summed E-state index contributed by atoms with van der Waals surface area (Å²) in [6, 6.07) is 11.2. The molecule has 3 heteroatoms. The van der Waals surface area contributed by atoms with Gasteiger partial charge in [-0.1, -0.05) is 65.2 Å². The van der Waals surface area contributed by atoms with E-state index in [-0.39, 0.29) is 0 Å². The smallest absolute Gasteiger partial charge is 0.0722 e. The number of anilines is 1. The van der Waals surface area contributed by atoms with Gasteiger partial charge >= 0.3 is 0 Å². The van der Waals surface area contributed by atoms with Crippen molar-refractivity contribution in [3.63, 3.8) is 0 Å². The number of nitrogens with zero attached hydrogens (tertiary/aromatic N) is 2. The molecule has 3 fully saturated rings. The molecule has 0 spiro atoms. The fourth-order valence-corrected chi connectivity index (χ4v) is 6.03. The van der Waals surface area contributed by atoms with E-state index in [0.717, 1.165) is 23.3 Å². The van der Waals surface area contributed by atoms with Crippen molar-refractivity contribution in [3.8, 4) is 0 Å². The SMILES string of the molecule is CC.CC.c1ccc2c(NC3CCN(CC4CCC5CCCC5C4)CC3)ccnc2c1. The zero-order valence-corrected chi connectivity index (χ0v) is 20.4. The van der Waals surface area contributed by atoms with Gasteiger partial charge in [0.05, 0.1) is 5.52 Å². The van der Waals surface area contributed by atoms with Crippen LogP contribution in [0.25, 0.3) is 10.9 Å². The third kappa shape index (κ3) is 6.22. The van der Waals surface area contributed by atoms with E-state index in [1.165, 1.54) is 82.1 Å². The average Bonchev–Trinajstić information content (AvgIpc) is 3.31. The number of pyridine rings is 1. The van der Waals surface area contributed by atoms with Crippen LogP contribution in [-0.2, 0) is 0 Å². The number of piperidine rings is 1. The van der Waals surface area contributed by atoms with Crippen LogP contribution >= 0.6 is 0 Å². The Kier molecular flexibility index (Phi) is 9.64. The number of para-hydroxylation sites is 1. The number of rotatable bonds is 4. The summed E-state index contributed by atoms with van der Waals surface area (Å²) in [5, 5.41) is 5.06. The number of likely N-dealkylation sites (tertiary alicyclic amines) is 1. The summed E-state index contributed by atoms with van der Waals surface area (Å²) in [4.78, 5) is 7.24. The van der Waals surface area contributed by atoms with Crippen LogP contribution in [0.3, 0.4) is 0 Å². The van der Waals surface area contributed by atoms with Crippen molar-refractivity contribution in [2.75, 3.05) is 25.0 Å². The Morgan fingerprint density at radius 1 is 0.871 bits per heavy atom. The average molecular weight is 424 g/mol. The van der Waals surface area contributed by atoms with E-state index in [4.69, 9.17) is 0 Å². The van der Waals surface area contributed by atoms with Gasteiger partial charge in [0.25, 0.3) is 0 Å². The fourth-order valence-electron chi connectivity index (χ4n) is 6.03. The van der Waals surface area contributed by atoms with Gasteiger partial charge in [0, 0.05) is 42.9 Å². The summed E-state index contributed by atoms with van der Waals surface area (Å²) < 4.78 is 0. The Bertz CT molecular complexity index is 760. The van der Waals surface area contributed by atoms with E-state index in [1.54, 1.807) is 0 Å². The Morgan fingerprint density at radius 3 is 2.42 bits per heavy atom. The molecule has 172 valence electrons. The molecule has 1 aromatic heterocycles. The molecule has 0 amide bonds. The lowest BCUT2D eigenvalue weighted by Crippen LogP contribution is -2.42. The molecular weight excluding hydrogens is 378 g/mol. The highest BCUT2D eigenvalue weighted by molar-refractivity contribution is 5.90. The van der Waals surface area contributed by atoms with E-state index in [2.05, 4.69) is 45.5 Å². The van der Waals surface area contributed by atoms with Gasteiger partial charge in [-0.15, -0.1) is 0 Å². The van der Waals surface area contributed by atoms with Gasteiger partial charge in [-0.25, -0.2) is 0 Å². The summed E-state index contributed by atoms with van der Waals surface area (Å²) in [6.45, 7) is 11.9. The van der Waals surface area contributed by atoms with E-state index >= 15 is 0 Å². The predicted molar refractivity (Wildman–Crippen MR) is 136 cm³/mol. The summed E-state index contributed by atoms with van der Waals surface area (Å²) in [6.07, 6.45) is 13.5. The van der Waals surface area contributed by atoms with Crippen molar-refractivity contribution < 1.29 is 0 Å². The van der Waals surface area contributed by atoms with Gasteiger partial charge in [-0.05, 0) is 62.0 Å². The molecule has 31 heavy (non-hydrogen) atoms. The molecule has 2 saturated carbocycles. The summed E-state index contributed by atoms with van der Waals surface area (Å²) in [7, 11) is 0. The van der Waals surface area contributed by atoms with Crippen molar-refractivity contribution in [2.24, 2.45) is 17.8 Å². The van der Waals surface area contributed by atoms with Crippen molar-refractivity contribution >= 4 is 16.6 Å². The first-order valence-corrected chi connectivity index (χ1v) is 13.2. The lowest BCUT2D eigenvalue weighted by Gasteiger charge is -2.38. The molecule has 1 aromatic carbocycles. The normalized spacial score (nSPS) is 26.3. The van der Waals surface area contributed by atoms with E-state index < -0.39 is 0 Å². The molecule has 0 radical (unpaired) electrons. The fraction of sp³-hybridized carbons (Fsp3) is 0.679. The highest BCUT2D eigenvalue weighted by Gasteiger charge is 2.34. The number of nitrogens with one attached hydrogen (secondary N) is 1. The monoisotopic (exact) mass is 423 g/mol. The quantitative estimate of drug-likeness (QED) is 0.556. The van der Waals surface area contributed by atoms with Crippen molar-refractivity contribution in [2.45, 2.75) is 85.1 Å². The molecule has 1 N–H and O–H groups in total. The van der Waals surface area contributed by atoms with Gasteiger partial charge in [0.15, 0.2) is 0 Å². The summed E-state index contributed by atoms with van der Waals surface area (Å²) >= 11 is 0. The zero-order valence-electron chi connectivity index (χ0n) is 20.4. The number of hydrogen-bond donors (Lipinski definition) is 1. The van der Waals surface area contributed by atoms with Gasteiger partial charge < -0.3 is 10.2 Å². The van der Waals surface area contributed by atoms with Crippen LogP contribution in [0.1, 0.15) is 79.1 Å². The highest BCUT2D eigenvalue weighted by atomic mass is 15.1. The molecule has 2 aliphatic carbocycles. The lowest BCUT2D eigenvalue weighted by molar-refractivity contribution is 0.132. The maximum absolute atomic E-state index is 4.49. The first-order chi connectivity index (χ1) is 15.3. The van der Waals surface area contributed by atoms with E-state index in [1.807, 2.05) is 33.9 Å². The number of aromatic nitrogens is 1. The van der Waals surface area contributed by atoms with Gasteiger partial charge in [0.2, 0.25) is 0 Å². The first kappa shape index (κ1) is 24.0. The second kappa shape index (κ2) is 12.4. The standard InChI is InChI=1S/C24H33N3.2C2H6/c1-2-7-23-22(6-1)24(10-13-25-23)26-21-11-14-27(15-12-21)17-18-8-9-19-4-3-5-20(19)16-18;2*1-2/h1-2,6-7,10,13,18-21H,3-5,8-9,11-12,14-17H2,(H,25,26);2*1-2H3. The Balaban J connectivity index is 0.000000645. The topological polar surface area (TPSA) is 28.2 Å². The van der Waals surface area contributed by atoms with Crippen molar-refractivity contribution in [1.82, 2.24) is 9.88 Å². The van der Waals surface area contributed by atoms with Crippen LogP contribution in [0.4, 0.5) is 5.69 Å². The maximum Gasteiger partial charge on any atom is 0.0722 e. The lowest BCUT2D eigenvalue weighted by atomic mass is 9.75. The van der Waals surface area contributed by atoms with Gasteiger partial charge in [0.1, 0.15) is 0 Å². The van der Waals surface area contributed by atoms with Crippen LogP contribution in [0.5, 0.6) is 0 Å². The molecule has 3 unspecified atom stereocenters. The Labute approximate surface area is 191 Å². The van der Waals surface area contributed by atoms with Crippen LogP contribution in [-0.4, -0.2) is 35.6 Å².